The van der Waals surface area contributed by atoms with E-state index < -0.39 is 0 Å². The van der Waals surface area contributed by atoms with Crippen LogP contribution in [0.4, 0.5) is 0 Å². The minimum Gasteiger partial charge on any atom is -0.375 e. The molecule has 140 valence electrons. The summed E-state index contributed by atoms with van der Waals surface area (Å²) in [6, 6.07) is 0. The fraction of sp³-hybridized carbons (Fsp3) is 0.733. The Morgan fingerprint density at radius 2 is 1.96 bits per heavy atom. The van der Waals surface area contributed by atoms with Gasteiger partial charge in [-0.3, -0.25) is 14.5 Å². The lowest BCUT2D eigenvalue weighted by Gasteiger charge is -2.35. The molecule has 7 nitrogen and oxygen atoms in total. The molecule has 2 rings (SSSR count). The fourth-order valence-electron chi connectivity index (χ4n) is 2.68. The first kappa shape index (κ1) is 23.1. The molecule has 2 N–H and O–H groups in total. The van der Waals surface area contributed by atoms with Crippen molar-refractivity contribution in [3.8, 4) is 0 Å². The summed E-state index contributed by atoms with van der Waals surface area (Å²) < 4.78 is 5.57. The maximum atomic E-state index is 12.2. The third-order valence-electron chi connectivity index (χ3n) is 3.94. The number of morpholine rings is 1. The van der Waals surface area contributed by atoms with E-state index in [2.05, 4.69) is 22.1 Å². The third kappa shape index (κ3) is 7.81. The van der Waals surface area contributed by atoms with Crippen LogP contribution >= 0.6 is 24.8 Å². The van der Waals surface area contributed by atoms with E-state index in [0.717, 1.165) is 26.2 Å². The predicted octanol–water partition coefficient (Wildman–Crippen LogP) is -0.345. The first-order chi connectivity index (χ1) is 10.7. The number of nitrogens with one attached hydrogen (secondary N) is 2. The zero-order valence-corrected chi connectivity index (χ0v) is 15.5. The van der Waals surface area contributed by atoms with Crippen molar-refractivity contribution in [3.05, 3.63) is 12.7 Å². The Morgan fingerprint density at radius 1 is 1.25 bits per heavy atom. The zero-order chi connectivity index (χ0) is 15.8. The number of nitrogens with zero attached hydrogens (tertiary/aromatic N) is 2. The second-order valence-electron chi connectivity index (χ2n) is 5.65. The molecule has 0 aromatic carbocycles. The largest absolute Gasteiger partial charge is 0.375 e. The molecule has 2 aliphatic rings. The number of hydrogen-bond donors (Lipinski definition) is 2. The van der Waals surface area contributed by atoms with Crippen LogP contribution < -0.4 is 10.6 Å². The van der Waals surface area contributed by atoms with Crippen LogP contribution in [0.3, 0.4) is 0 Å². The van der Waals surface area contributed by atoms with Crippen LogP contribution in [-0.2, 0) is 14.3 Å². The van der Waals surface area contributed by atoms with Crippen molar-refractivity contribution in [1.82, 2.24) is 20.4 Å². The second kappa shape index (κ2) is 12.5. The Labute approximate surface area is 156 Å². The number of amides is 2. The lowest BCUT2D eigenvalue weighted by Crippen LogP contribution is -2.52. The molecule has 2 heterocycles. The van der Waals surface area contributed by atoms with Crippen molar-refractivity contribution in [2.24, 2.45) is 0 Å². The molecule has 2 amide bonds. The van der Waals surface area contributed by atoms with Crippen molar-refractivity contribution in [2.45, 2.75) is 12.5 Å². The summed E-state index contributed by atoms with van der Waals surface area (Å²) in [5.74, 6) is 0.144. The van der Waals surface area contributed by atoms with E-state index in [9.17, 15) is 9.59 Å². The van der Waals surface area contributed by atoms with Gasteiger partial charge < -0.3 is 20.3 Å². The molecule has 0 aliphatic carbocycles. The number of rotatable bonds is 6. The molecule has 24 heavy (non-hydrogen) atoms. The lowest BCUT2D eigenvalue weighted by atomic mass is 10.2. The molecule has 9 heteroatoms. The number of halogens is 2. The highest BCUT2D eigenvalue weighted by Crippen LogP contribution is 2.08. The van der Waals surface area contributed by atoms with E-state index in [-0.39, 0.29) is 42.7 Å². The Hall–Kier alpha value is -0.860. The van der Waals surface area contributed by atoms with Gasteiger partial charge in [-0.1, -0.05) is 6.08 Å². The number of piperazine rings is 1. The summed E-state index contributed by atoms with van der Waals surface area (Å²) >= 11 is 0. The summed E-state index contributed by atoms with van der Waals surface area (Å²) in [4.78, 5) is 27.8. The number of hydrogen-bond acceptors (Lipinski definition) is 5. The molecule has 0 saturated carbocycles. The average Bonchev–Trinajstić information content (AvgIpc) is 2.54. The highest BCUT2D eigenvalue weighted by molar-refractivity contribution is 5.85. The van der Waals surface area contributed by atoms with Crippen molar-refractivity contribution in [3.63, 3.8) is 0 Å². The molecule has 0 aromatic rings. The molecular weight excluding hydrogens is 355 g/mol. The Kier molecular flexibility index (Phi) is 12.0. The van der Waals surface area contributed by atoms with Crippen LogP contribution in [-0.4, -0.2) is 86.7 Å². The van der Waals surface area contributed by atoms with Gasteiger partial charge in [0.15, 0.2) is 0 Å². The van der Waals surface area contributed by atoms with Gasteiger partial charge in [0.2, 0.25) is 11.8 Å². The van der Waals surface area contributed by atoms with Crippen LogP contribution in [0.25, 0.3) is 0 Å². The SMILES string of the molecule is C=CCNC(=O)CN1CCN(C(=O)CC2CNCCO2)CC1.Cl.Cl. The van der Waals surface area contributed by atoms with E-state index in [1.165, 1.54) is 0 Å². The normalized spacial score (nSPS) is 21.2. The van der Waals surface area contributed by atoms with Gasteiger partial charge in [-0.05, 0) is 0 Å². The van der Waals surface area contributed by atoms with E-state index in [1.54, 1.807) is 6.08 Å². The number of carbonyl (C=O) groups is 2. The van der Waals surface area contributed by atoms with Crippen molar-refractivity contribution in [1.29, 1.82) is 0 Å². The van der Waals surface area contributed by atoms with Gasteiger partial charge in [-0.15, -0.1) is 31.4 Å². The summed E-state index contributed by atoms with van der Waals surface area (Å²) in [5.41, 5.74) is 0. The highest BCUT2D eigenvalue weighted by atomic mass is 35.5. The average molecular weight is 383 g/mol. The molecule has 0 radical (unpaired) electrons. The van der Waals surface area contributed by atoms with Gasteiger partial charge in [0, 0.05) is 45.8 Å². The first-order valence-electron chi connectivity index (χ1n) is 7.89. The first-order valence-corrected chi connectivity index (χ1v) is 7.89. The molecule has 2 saturated heterocycles. The summed E-state index contributed by atoms with van der Waals surface area (Å²) in [6.45, 7) is 9.53. The molecule has 2 fully saturated rings. The number of carbonyl (C=O) groups excluding carboxylic acids is 2. The molecule has 1 atom stereocenters. The van der Waals surface area contributed by atoms with Crippen LogP contribution in [0.1, 0.15) is 6.42 Å². The molecule has 0 spiro atoms. The van der Waals surface area contributed by atoms with E-state index in [4.69, 9.17) is 4.74 Å². The van der Waals surface area contributed by atoms with E-state index >= 15 is 0 Å². The van der Waals surface area contributed by atoms with Gasteiger partial charge in [-0.25, -0.2) is 0 Å². The van der Waals surface area contributed by atoms with Gasteiger partial charge in [0.05, 0.1) is 25.7 Å². The van der Waals surface area contributed by atoms with Gasteiger partial charge in [0.1, 0.15) is 0 Å². The Bertz CT molecular complexity index is 398. The maximum absolute atomic E-state index is 12.2. The standard InChI is InChI=1S/C15H26N4O3.2ClH/c1-2-3-17-14(20)12-18-5-7-19(8-6-18)15(21)10-13-11-16-4-9-22-13;;/h2,13,16H,1,3-12H2,(H,17,20);2*1H. The lowest BCUT2D eigenvalue weighted by molar-refractivity contribution is -0.136. The quantitative estimate of drug-likeness (QED) is 0.614. The van der Waals surface area contributed by atoms with Crippen LogP contribution in [0.5, 0.6) is 0 Å². The topological polar surface area (TPSA) is 73.9 Å². The molecular formula is C15H28Cl2N4O3. The summed E-state index contributed by atoms with van der Waals surface area (Å²) in [7, 11) is 0. The van der Waals surface area contributed by atoms with Crippen LogP contribution in [0.2, 0.25) is 0 Å². The molecule has 2 aliphatic heterocycles. The smallest absolute Gasteiger partial charge is 0.234 e. The monoisotopic (exact) mass is 382 g/mol. The summed E-state index contributed by atoms with van der Waals surface area (Å²) in [5, 5.41) is 6.00. The molecule has 1 unspecified atom stereocenters. The molecule has 0 aromatic heterocycles. The highest BCUT2D eigenvalue weighted by Gasteiger charge is 2.25. The number of ether oxygens (including phenoxy) is 1. The summed E-state index contributed by atoms with van der Waals surface area (Å²) in [6.07, 6.45) is 2.09. The zero-order valence-electron chi connectivity index (χ0n) is 13.9. The minimum atomic E-state index is -0.0102. The van der Waals surface area contributed by atoms with Gasteiger partial charge in [0.25, 0.3) is 0 Å². The maximum Gasteiger partial charge on any atom is 0.234 e. The Morgan fingerprint density at radius 3 is 2.54 bits per heavy atom. The fourth-order valence-corrected chi connectivity index (χ4v) is 2.68. The van der Waals surface area contributed by atoms with E-state index in [1.807, 2.05) is 4.90 Å². The molecule has 0 bridgehead atoms. The van der Waals surface area contributed by atoms with Crippen molar-refractivity contribution >= 4 is 36.6 Å². The van der Waals surface area contributed by atoms with Crippen LogP contribution in [0, 0.1) is 0 Å². The van der Waals surface area contributed by atoms with Crippen LogP contribution in [0.15, 0.2) is 12.7 Å². The minimum absolute atomic E-state index is 0. The van der Waals surface area contributed by atoms with Gasteiger partial charge in [-0.2, -0.15) is 0 Å². The van der Waals surface area contributed by atoms with Crippen molar-refractivity contribution < 1.29 is 14.3 Å². The van der Waals surface area contributed by atoms with Gasteiger partial charge >= 0.3 is 0 Å². The van der Waals surface area contributed by atoms with Crippen molar-refractivity contribution in [2.75, 3.05) is 59.0 Å². The second-order valence-corrected chi connectivity index (χ2v) is 5.65. The Balaban J connectivity index is 0.00000264. The predicted molar refractivity (Wildman–Crippen MR) is 97.9 cm³/mol. The van der Waals surface area contributed by atoms with E-state index in [0.29, 0.717) is 39.2 Å². The third-order valence-corrected chi connectivity index (χ3v) is 3.94.